The minimum absolute atomic E-state index is 0.00384. The molecule has 0 amide bonds. The number of rotatable bonds is 2. The van der Waals surface area contributed by atoms with Gasteiger partial charge in [-0.25, -0.2) is 0 Å². The Morgan fingerprint density at radius 1 is 0.812 bits per heavy atom. The summed E-state index contributed by atoms with van der Waals surface area (Å²) in [6.45, 7) is 2.87. The van der Waals surface area contributed by atoms with E-state index in [1.54, 1.807) is 0 Å². The van der Waals surface area contributed by atoms with Gasteiger partial charge < -0.3 is 9.47 Å². The lowest BCUT2D eigenvalue weighted by atomic mass is 9.96. The molecule has 0 saturated heterocycles. The predicted octanol–water partition coefficient (Wildman–Crippen LogP) is 2.20. The average molecular weight is 228 g/mol. The van der Waals surface area contributed by atoms with Crippen molar-refractivity contribution in [1.29, 1.82) is 0 Å². The van der Waals surface area contributed by atoms with Gasteiger partial charge in [0.05, 0.1) is 0 Å². The van der Waals surface area contributed by atoms with Gasteiger partial charge in [-0.1, -0.05) is 0 Å². The third kappa shape index (κ3) is 5.14. The Bertz CT molecular complexity index is 223. The van der Waals surface area contributed by atoms with Crippen molar-refractivity contribution in [3.8, 4) is 0 Å². The molecule has 1 aliphatic rings. The number of ether oxygens (including phenoxy) is 2. The molecule has 1 aliphatic carbocycles. The Morgan fingerprint density at radius 2 is 1.19 bits per heavy atom. The van der Waals surface area contributed by atoms with E-state index in [0.29, 0.717) is 0 Å². The van der Waals surface area contributed by atoms with Crippen molar-refractivity contribution >= 4 is 11.9 Å². The van der Waals surface area contributed by atoms with Crippen LogP contribution in [0, 0.1) is 0 Å². The molecule has 0 unspecified atom stereocenters. The van der Waals surface area contributed by atoms with E-state index in [4.69, 9.17) is 9.47 Å². The van der Waals surface area contributed by atoms with E-state index in [9.17, 15) is 9.59 Å². The summed E-state index contributed by atoms with van der Waals surface area (Å²) in [5.41, 5.74) is 0. The molecule has 4 nitrogen and oxygen atoms in total. The Balaban J connectivity index is 2.39. The quantitative estimate of drug-likeness (QED) is 0.680. The Hall–Kier alpha value is -1.06. The van der Waals surface area contributed by atoms with Gasteiger partial charge in [-0.05, 0) is 38.5 Å². The van der Waals surface area contributed by atoms with E-state index < -0.39 is 0 Å². The molecule has 0 heterocycles. The van der Waals surface area contributed by atoms with Crippen LogP contribution in [0.4, 0.5) is 0 Å². The van der Waals surface area contributed by atoms with Crippen LogP contribution in [-0.4, -0.2) is 24.1 Å². The smallest absolute Gasteiger partial charge is 0.302 e. The molecular weight excluding hydrogens is 208 g/mol. The van der Waals surface area contributed by atoms with E-state index >= 15 is 0 Å². The maximum atomic E-state index is 10.9. The maximum absolute atomic E-state index is 10.9. The minimum Gasteiger partial charge on any atom is -0.463 e. The molecule has 0 spiro atoms. The second-order valence-corrected chi connectivity index (χ2v) is 4.32. The Labute approximate surface area is 96.3 Å². The van der Waals surface area contributed by atoms with Crippen molar-refractivity contribution in [3.63, 3.8) is 0 Å². The topological polar surface area (TPSA) is 52.6 Å². The molecule has 0 aromatic carbocycles. The summed E-state index contributed by atoms with van der Waals surface area (Å²) in [5, 5.41) is 0. The molecule has 0 aromatic heterocycles. The van der Waals surface area contributed by atoms with Gasteiger partial charge >= 0.3 is 11.9 Å². The fourth-order valence-corrected chi connectivity index (χ4v) is 2.11. The van der Waals surface area contributed by atoms with Gasteiger partial charge in [0.15, 0.2) is 0 Å². The van der Waals surface area contributed by atoms with Gasteiger partial charge in [0.25, 0.3) is 0 Å². The van der Waals surface area contributed by atoms with Gasteiger partial charge in [-0.2, -0.15) is 0 Å². The molecule has 92 valence electrons. The lowest BCUT2D eigenvalue weighted by molar-refractivity contribution is -0.152. The van der Waals surface area contributed by atoms with Gasteiger partial charge in [0.1, 0.15) is 12.2 Å². The van der Waals surface area contributed by atoms with Crippen molar-refractivity contribution in [2.75, 3.05) is 0 Å². The van der Waals surface area contributed by atoms with Crippen LogP contribution in [0.15, 0.2) is 0 Å². The summed E-state index contributed by atoms with van der Waals surface area (Å²) in [6, 6.07) is 0. The zero-order chi connectivity index (χ0) is 12.0. The highest BCUT2D eigenvalue weighted by Crippen LogP contribution is 2.22. The van der Waals surface area contributed by atoms with E-state index in [1.165, 1.54) is 13.8 Å². The zero-order valence-electron chi connectivity index (χ0n) is 10.0. The largest absolute Gasteiger partial charge is 0.463 e. The fourth-order valence-electron chi connectivity index (χ4n) is 2.11. The van der Waals surface area contributed by atoms with Crippen LogP contribution in [-0.2, 0) is 19.1 Å². The van der Waals surface area contributed by atoms with Crippen molar-refractivity contribution in [1.82, 2.24) is 0 Å². The third-order valence-electron chi connectivity index (χ3n) is 2.78. The van der Waals surface area contributed by atoms with Crippen LogP contribution < -0.4 is 0 Å². The highest BCUT2D eigenvalue weighted by atomic mass is 16.5. The summed E-state index contributed by atoms with van der Waals surface area (Å²) in [4.78, 5) is 21.7. The van der Waals surface area contributed by atoms with Crippen LogP contribution in [0.5, 0.6) is 0 Å². The highest BCUT2D eigenvalue weighted by Gasteiger charge is 2.20. The Kier molecular flexibility index (Phi) is 5.29. The van der Waals surface area contributed by atoms with Crippen molar-refractivity contribution in [2.24, 2.45) is 0 Å². The standard InChI is InChI=1S/C12H20O4/c1-9(13)15-11-5-3-4-6-12(8-7-11)16-10(2)14/h11-12H,3-8H2,1-2H3/t11-,12+. The van der Waals surface area contributed by atoms with E-state index in [2.05, 4.69) is 0 Å². The molecule has 16 heavy (non-hydrogen) atoms. The van der Waals surface area contributed by atoms with Crippen LogP contribution in [0.3, 0.4) is 0 Å². The molecule has 0 bridgehead atoms. The van der Waals surface area contributed by atoms with E-state index in [0.717, 1.165) is 38.5 Å². The zero-order valence-corrected chi connectivity index (χ0v) is 10.0. The number of esters is 2. The van der Waals surface area contributed by atoms with Crippen molar-refractivity contribution < 1.29 is 19.1 Å². The van der Waals surface area contributed by atoms with E-state index in [1.807, 2.05) is 0 Å². The second-order valence-electron chi connectivity index (χ2n) is 4.32. The molecule has 0 radical (unpaired) electrons. The molecule has 1 rings (SSSR count). The van der Waals surface area contributed by atoms with Crippen LogP contribution in [0.2, 0.25) is 0 Å². The number of hydrogen-bond donors (Lipinski definition) is 0. The number of carbonyl (C=O) groups is 2. The molecule has 0 aromatic rings. The molecular formula is C12H20O4. The lowest BCUT2D eigenvalue weighted by Gasteiger charge is -2.24. The third-order valence-corrected chi connectivity index (χ3v) is 2.78. The predicted molar refractivity (Wildman–Crippen MR) is 58.8 cm³/mol. The van der Waals surface area contributed by atoms with Crippen LogP contribution >= 0.6 is 0 Å². The van der Waals surface area contributed by atoms with Crippen molar-refractivity contribution in [2.45, 2.75) is 64.6 Å². The summed E-state index contributed by atoms with van der Waals surface area (Å²) in [6.07, 6.45) is 5.46. The molecule has 1 saturated carbocycles. The molecule has 0 aliphatic heterocycles. The van der Waals surface area contributed by atoms with Gasteiger partial charge in [-0.15, -0.1) is 0 Å². The van der Waals surface area contributed by atoms with Crippen LogP contribution in [0.1, 0.15) is 52.4 Å². The molecule has 4 heteroatoms. The fraction of sp³-hybridized carbons (Fsp3) is 0.833. The van der Waals surface area contributed by atoms with Gasteiger partial charge in [0, 0.05) is 13.8 Å². The van der Waals surface area contributed by atoms with Crippen LogP contribution in [0.25, 0.3) is 0 Å². The minimum atomic E-state index is -0.227. The highest BCUT2D eigenvalue weighted by molar-refractivity contribution is 5.66. The first kappa shape index (κ1) is 13.0. The summed E-state index contributed by atoms with van der Waals surface area (Å²) in [7, 11) is 0. The number of carbonyl (C=O) groups excluding carboxylic acids is 2. The first-order valence-corrected chi connectivity index (χ1v) is 5.92. The summed E-state index contributed by atoms with van der Waals surface area (Å²) in [5.74, 6) is -0.454. The molecule has 2 atom stereocenters. The molecule has 1 fully saturated rings. The molecule has 0 N–H and O–H groups in total. The second kappa shape index (κ2) is 6.51. The van der Waals surface area contributed by atoms with Crippen molar-refractivity contribution in [3.05, 3.63) is 0 Å². The monoisotopic (exact) mass is 228 g/mol. The first-order valence-electron chi connectivity index (χ1n) is 5.92. The summed E-state index contributed by atoms with van der Waals surface area (Å²) < 4.78 is 10.4. The van der Waals surface area contributed by atoms with Gasteiger partial charge in [-0.3, -0.25) is 9.59 Å². The maximum Gasteiger partial charge on any atom is 0.302 e. The van der Waals surface area contributed by atoms with Gasteiger partial charge in [0.2, 0.25) is 0 Å². The number of hydrogen-bond acceptors (Lipinski definition) is 4. The van der Waals surface area contributed by atoms with E-state index in [-0.39, 0.29) is 24.1 Å². The first-order chi connectivity index (χ1) is 7.58. The SMILES string of the molecule is CC(=O)O[C@@H]1CCCC[C@H](OC(C)=O)CC1. The average Bonchev–Trinajstić information content (AvgIpc) is 2.14. The normalized spacial score (nSPS) is 26.4. The lowest BCUT2D eigenvalue weighted by Crippen LogP contribution is -2.24. The Morgan fingerprint density at radius 3 is 1.50 bits per heavy atom. The summed E-state index contributed by atoms with van der Waals surface area (Å²) >= 11 is 0.